The molecule has 228 valence electrons. The number of nitrogens with one attached hydrogen (secondary N) is 4. The maximum Gasteiger partial charge on any atom is 0.232 e. The topological polar surface area (TPSA) is 87.6 Å². The molecule has 4 saturated heterocycles. The summed E-state index contributed by atoms with van der Waals surface area (Å²) >= 11 is 1.89. The second-order valence-corrected chi connectivity index (χ2v) is 15.9. The molecule has 10 heteroatoms. The standard InChI is InChI=1S/C31H51N7O2S/c1-29(2)18-22-20-37(29)28-21(19-33-41-27-5-3-4-24(34-27)32-14-17-39-22)6-7-25(35-28)38-15-8-26(36-38)40-16-9-23-30(10-11-30)31(23)12-13-31/h8,15,21-25,27-28,32-35H,3-7,9-14,16-20H2,1-2H3. The van der Waals surface area contributed by atoms with Gasteiger partial charge in [0.1, 0.15) is 6.17 Å². The fraction of sp³-hybridized carbons (Fsp3) is 0.903. The molecular formula is C31H51N7O2S. The Bertz CT molecular complexity index is 1070. The van der Waals surface area contributed by atoms with Gasteiger partial charge in [-0.25, -0.2) is 0 Å². The van der Waals surface area contributed by atoms with Crippen LogP contribution in [0.15, 0.2) is 12.3 Å². The molecule has 8 rings (SSSR count). The van der Waals surface area contributed by atoms with Crippen LogP contribution in [0.4, 0.5) is 0 Å². The Balaban J connectivity index is 0.926. The summed E-state index contributed by atoms with van der Waals surface area (Å²) in [4.78, 5) is 2.70. The molecule has 0 amide bonds. The highest BCUT2D eigenvalue weighted by Crippen LogP contribution is 2.93. The Kier molecular flexibility index (Phi) is 7.17. The van der Waals surface area contributed by atoms with Crippen LogP contribution in [0.3, 0.4) is 0 Å². The molecule has 7 aliphatic rings. The van der Waals surface area contributed by atoms with Crippen molar-refractivity contribution in [1.82, 2.24) is 35.4 Å². The average Bonchev–Trinajstić information content (AvgIpc) is 3.91. The summed E-state index contributed by atoms with van der Waals surface area (Å²) in [6, 6.07) is 2.07. The Morgan fingerprint density at radius 2 is 1.95 bits per heavy atom. The number of hydrogen-bond acceptors (Lipinski definition) is 9. The van der Waals surface area contributed by atoms with Crippen LogP contribution in [0.25, 0.3) is 0 Å². The third kappa shape index (κ3) is 5.17. The smallest absolute Gasteiger partial charge is 0.232 e. The van der Waals surface area contributed by atoms with E-state index in [4.69, 9.17) is 14.6 Å². The SMILES string of the molecule is CC1(C)CC2CN1C1NC(n3ccc(OCCC4C5(CC5)C45CC5)n3)CCC1CNSC1CCCC(NCCO2)N1. The van der Waals surface area contributed by atoms with Gasteiger partial charge in [0.25, 0.3) is 0 Å². The van der Waals surface area contributed by atoms with E-state index in [1.807, 2.05) is 11.9 Å². The maximum atomic E-state index is 6.45. The number of nitrogens with zero attached hydrogens (tertiary/aromatic N) is 3. The van der Waals surface area contributed by atoms with Gasteiger partial charge in [-0.15, -0.1) is 5.10 Å². The number of ether oxygens (including phenoxy) is 2. The van der Waals surface area contributed by atoms with Crippen molar-refractivity contribution in [3.8, 4) is 5.88 Å². The van der Waals surface area contributed by atoms with Gasteiger partial charge < -0.3 is 9.47 Å². The molecule has 7 fully saturated rings. The number of fused-ring (bicyclic) bond motifs is 7. The summed E-state index contributed by atoms with van der Waals surface area (Å²) in [5, 5.41) is 16.9. The molecule has 1 aromatic heterocycles. The zero-order valence-electron chi connectivity index (χ0n) is 25.1. The van der Waals surface area contributed by atoms with Crippen molar-refractivity contribution >= 4 is 11.9 Å². The molecule has 2 spiro atoms. The predicted octanol–water partition coefficient (Wildman–Crippen LogP) is 3.80. The van der Waals surface area contributed by atoms with Gasteiger partial charge in [-0.3, -0.25) is 30.3 Å². The molecule has 7 atom stereocenters. The molecule has 7 unspecified atom stereocenters. The van der Waals surface area contributed by atoms with Crippen molar-refractivity contribution in [1.29, 1.82) is 0 Å². The van der Waals surface area contributed by atoms with E-state index in [0.717, 1.165) is 74.7 Å². The Morgan fingerprint density at radius 1 is 1.10 bits per heavy atom. The molecule has 4 aliphatic heterocycles. The number of piperidine rings is 2. The van der Waals surface area contributed by atoms with E-state index < -0.39 is 0 Å². The van der Waals surface area contributed by atoms with Crippen molar-refractivity contribution in [2.75, 3.05) is 32.8 Å². The predicted molar refractivity (Wildman–Crippen MR) is 161 cm³/mol. The second kappa shape index (κ2) is 10.6. The highest BCUT2D eigenvalue weighted by molar-refractivity contribution is 7.98. The van der Waals surface area contributed by atoms with Crippen molar-refractivity contribution in [3.05, 3.63) is 12.3 Å². The maximum absolute atomic E-state index is 6.45. The quantitative estimate of drug-likeness (QED) is 0.386. The van der Waals surface area contributed by atoms with Gasteiger partial charge in [0.15, 0.2) is 0 Å². The van der Waals surface area contributed by atoms with Gasteiger partial charge in [0.05, 0.1) is 37.0 Å². The van der Waals surface area contributed by atoms with Crippen LogP contribution >= 0.6 is 11.9 Å². The molecule has 1 aromatic rings. The molecule has 41 heavy (non-hydrogen) atoms. The Labute approximate surface area is 250 Å². The first-order valence-electron chi connectivity index (χ1n) is 16.7. The number of aromatic nitrogens is 2. The lowest BCUT2D eigenvalue weighted by Gasteiger charge is -2.47. The van der Waals surface area contributed by atoms with Gasteiger partial charge in [0, 0.05) is 43.4 Å². The van der Waals surface area contributed by atoms with E-state index in [1.165, 1.54) is 51.4 Å². The molecule has 3 aliphatic carbocycles. The average molecular weight is 586 g/mol. The number of rotatable bonds is 5. The molecule has 3 saturated carbocycles. The fourth-order valence-corrected chi connectivity index (χ4v) is 10.6. The van der Waals surface area contributed by atoms with Crippen LogP contribution < -0.4 is 25.4 Å². The van der Waals surface area contributed by atoms with Crippen molar-refractivity contribution in [2.45, 2.75) is 120 Å². The zero-order valence-corrected chi connectivity index (χ0v) is 25.9. The molecule has 0 aromatic carbocycles. The highest BCUT2D eigenvalue weighted by Gasteiger charge is 2.85. The van der Waals surface area contributed by atoms with Crippen LogP contribution in [0.5, 0.6) is 5.88 Å². The summed E-state index contributed by atoms with van der Waals surface area (Å²) in [5.74, 6) is 2.24. The number of hydrogen-bond donors (Lipinski definition) is 4. The van der Waals surface area contributed by atoms with E-state index in [0.29, 0.717) is 17.5 Å². The van der Waals surface area contributed by atoms with Crippen LogP contribution in [0.2, 0.25) is 0 Å². The zero-order chi connectivity index (χ0) is 27.7. The lowest BCUT2D eigenvalue weighted by Crippen LogP contribution is -2.60. The van der Waals surface area contributed by atoms with E-state index >= 15 is 0 Å². The van der Waals surface area contributed by atoms with Crippen molar-refractivity contribution in [2.24, 2.45) is 22.7 Å². The highest BCUT2D eigenvalue weighted by atomic mass is 32.2. The Morgan fingerprint density at radius 3 is 2.78 bits per heavy atom. The molecule has 9 nitrogen and oxygen atoms in total. The molecular weight excluding hydrogens is 534 g/mol. The largest absolute Gasteiger partial charge is 0.477 e. The van der Waals surface area contributed by atoms with Crippen LogP contribution in [-0.2, 0) is 4.74 Å². The monoisotopic (exact) mass is 585 g/mol. The minimum Gasteiger partial charge on any atom is -0.477 e. The summed E-state index contributed by atoms with van der Waals surface area (Å²) in [7, 11) is 0. The lowest BCUT2D eigenvalue weighted by atomic mass is 9.91. The second-order valence-electron chi connectivity index (χ2n) is 14.8. The lowest BCUT2D eigenvalue weighted by molar-refractivity contribution is 0.00273. The Hall–Kier alpha value is -0.880. The van der Waals surface area contributed by atoms with Crippen molar-refractivity contribution < 1.29 is 9.47 Å². The summed E-state index contributed by atoms with van der Waals surface area (Å²) < 4.78 is 18.6. The van der Waals surface area contributed by atoms with Gasteiger partial charge in [-0.05, 0) is 101 Å². The fourth-order valence-electron chi connectivity index (χ4n) is 9.59. The molecule has 5 heterocycles. The minimum atomic E-state index is 0.0806. The molecule has 0 radical (unpaired) electrons. The third-order valence-electron chi connectivity index (χ3n) is 12.0. The minimum absolute atomic E-state index is 0.0806. The van der Waals surface area contributed by atoms with Crippen LogP contribution in [0, 0.1) is 22.7 Å². The van der Waals surface area contributed by atoms with Gasteiger partial charge >= 0.3 is 0 Å². The first-order valence-corrected chi connectivity index (χ1v) is 17.5. The van der Waals surface area contributed by atoms with Crippen molar-refractivity contribution in [3.63, 3.8) is 0 Å². The van der Waals surface area contributed by atoms with E-state index in [1.54, 1.807) is 0 Å². The normalized spacial score (nSPS) is 40.9. The third-order valence-corrected chi connectivity index (χ3v) is 13.0. The van der Waals surface area contributed by atoms with Crippen LogP contribution in [0.1, 0.15) is 90.6 Å². The first-order chi connectivity index (χ1) is 20.0. The van der Waals surface area contributed by atoms with E-state index in [9.17, 15) is 0 Å². The van der Waals surface area contributed by atoms with Gasteiger partial charge in [-0.1, -0.05) is 11.9 Å². The van der Waals surface area contributed by atoms with E-state index in [2.05, 4.69) is 56.4 Å². The molecule has 4 N–H and O–H groups in total. The first kappa shape index (κ1) is 27.7. The van der Waals surface area contributed by atoms with E-state index in [-0.39, 0.29) is 24.0 Å². The molecule has 4 bridgehead atoms. The summed E-state index contributed by atoms with van der Waals surface area (Å²) in [6.45, 7) is 9.25. The van der Waals surface area contributed by atoms with Crippen LogP contribution in [-0.4, -0.2) is 76.9 Å². The van der Waals surface area contributed by atoms with Gasteiger partial charge in [-0.2, -0.15) is 0 Å². The van der Waals surface area contributed by atoms with Gasteiger partial charge in [0.2, 0.25) is 5.88 Å². The summed E-state index contributed by atoms with van der Waals surface area (Å²) in [5.41, 5.74) is 1.60. The summed E-state index contributed by atoms with van der Waals surface area (Å²) in [6.07, 6.45) is 17.3.